The highest BCUT2D eigenvalue weighted by Gasteiger charge is 2.20. The van der Waals surface area contributed by atoms with Gasteiger partial charge in [0.25, 0.3) is 0 Å². The molecule has 31 heavy (non-hydrogen) atoms. The van der Waals surface area contributed by atoms with E-state index in [4.69, 9.17) is 38.4 Å². The summed E-state index contributed by atoms with van der Waals surface area (Å²) < 4.78 is 27.2. The van der Waals surface area contributed by atoms with Gasteiger partial charge in [-0.3, -0.25) is 4.68 Å². The molecule has 0 spiro atoms. The maximum Gasteiger partial charge on any atom is 0.166 e. The Morgan fingerprint density at radius 3 is 2.81 bits per heavy atom. The lowest BCUT2D eigenvalue weighted by atomic mass is 10.0. The van der Waals surface area contributed by atoms with Gasteiger partial charge in [-0.05, 0) is 43.9 Å². The number of anilines is 1. The van der Waals surface area contributed by atoms with Gasteiger partial charge in [-0.2, -0.15) is 5.10 Å². The number of nitrogens with two attached hydrogens (primary N) is 1. The van der Waals surface area contributed by atoms with Crippen molar-refractivity contribution in [2.45, 2.75) is 32.4 Å². The molecule has 3 aromatic rings. The van der Waals surface area contributed by atoms with E-state index in [2.05, 4.69) is 10.1 Å². The Balaban J connectivity index is 1.53. The van der Waals surface area contributed by atoms with Crippen LogP contribution in [0.2, 0.25) is 10.0 Å². The van der Waals surface area contributed by atoms with E-state index in [9.17, 15) is 4.39 Å². The smallest absolute Gasteiger partial charge is 0.166 e. The number of hydrogen-bond acceptors (Lipinski definition) is 5. The molecular formula is C22H23Cl2FN4O2. The summed E-state index contributed by atoms with van der Waals surface area (Å²) in [6.07, 6.45) is 6.90. The first-order chi connectivity index (χ1) is 14.9. The predicted octanol–water partition coefficient (Wildman–Crippen LogP) is 5.54. The van der Waals surface area contributed by atoms with Crippen LogP contribution in [0.25, 0.3) is 11.1 Å². The van der Waals surface area contributed by atoms with Gasteiger partial charge in [0, 0.05) is 53.9 Å². The SMILES string of the molecule is CC(Oc1cc(-c2cnn(CC3CCOCC3)c2)cnc1N)c1c(Cl)ccc(F)c1Cl. The second-order valence-electron chi connectivity index (χ2n) is 7.63. The van der Waals surface area contributed by atoms with Crippen LogP contribution in [0.1, 0.15) is 31.4 Å². The van der Waals surface area contributed by atoms with Crippen LogP contribution >= 0.6 is 23.2 Å². The van der Waals surface area contributed by atoms with E-state index in [1.807, 2.05) is 10.9 Å². The van der Waals surface area contributed by atoms with Crippen LogP contribution in [0.15, 0.2) is 36.8 Å². The Morgan fingerprint density at radius 2 is 2.03 bits per heavy atom. The number of hydrogen-bond donors (Lipinski definition) is 1. The lowest BCUT2D eigenvalue weighted by molar-refractivity contribution is 0.0601. The number of rotatable bonds is 6. The van der Waals surface area contributed by atoms with Crippen molar-refractivity contribution in [3.05, 3.63) is 58.2 Å². The van der Waals surface area contributed by atoms with E-state index >= 15 is 0 Å². The molecule has 164 valence electrons. The lowest BCUT2D eigenvalue weighted by Crippen LogP contribution is -2.20. The fourth-order valence-corrected chi connectivity index (χ4v) is 4.36. The maximum atomic E-state index is 13.9. The van der Waals surface area contributed by atoms with Gasteiger partial charge in [0.1, 0.15) is 11.9 Å². The molecule has 1 aliphatic heterocycles. The molecule has 1 unspecified atom stereocenters. The van der Waals surface area contributed by atoms with Crippen LogP contribution in [0.3, 0.4) is 0 Å². The average Bonchev–Trinajstić information content (AvgIpc) is 3.22. The summed E-state index contributed by atoms with van der Waals surface area (Å²) in [6.45, 7) is 4.19. The summed E-state index contributed by atoms with van der Waals surface area (Å²) >= 11 is 12.3. The highest BCUT2D eigenvalue weighted by atomic mass is 35.5. The predicted molar refractivity (Wildman–Crippen MR) is 119 cm³/mol. The van der Waals surface area contributed by atoms with Gasteiger partial charge in [-0.25, -0.2) is 9.37 Å². The third-order valence-corrected chi connectivity index (χ3v) is 6.14. The van der Waals surface area contributed by atoms with Crippen molar-refractivity contribution in [2.75, 3.05) is 18.9 Å². The zero-order chi connectivity index (χ0) is 22.0. The molecule has 0 amide bonds. The molecule has 0 radical (unpaired) electrons. The van der Waals surface area contributed by atoms with Gasteiger partial charge in [-0.1, -0.05) is 23.2 Å². The summed E-state index contributed by atoms with van der Waals surface area (Å²) in [5.74, 6) is 0.576. The maximum absolute atomic E-state index is 13.9. The molecule has 2 N–H and O–H groups in total. The monoisotopic (exact) mass is 464 g/mol. The zero-order valence-corrected chi connectivity index (χ0v) is 18.5. The molecular weight excluding hydrogens is 442 g/mol. The van der Waals surface area contributed by atoms with Gasteiger partial charge >= 0.3 is 0 Å². The van der Waals surface area contributed by atoms with Crippen molar-refractivity contribution in [1.82, 2.24) is 14.8 Å². The molecule has 1 fully saturated rings. The van der Waals surface area contributed by atoms with E-state index in [-0.39, 0.29) is 10.8 Å². The molecule has 1 aromatic carbocycles. The van der Waals surface area contributed by atoms with E-state index in [0.717, 1.165) is 43.7 Å². The number of benzene rings is 1. The van der Waals surface area contributed by atoms with Gasteiger partial charge in [0.15, 0.2) is 11.6 Å². The van der Waals surface area contributed by atoms with E-state index in [1.54, 1.807) is 25.4 Å². The van der Waals surface area contributed by atoms with Crippen molar-refractivity contribution < 1.29 is 13.9 Å². The van der Waals surface area contributed by atoms with Crippen molar-refractivity contribution >= 4 is 29.0 Å². The highest BCUT2D eigenvalue weighted by Crippen LogP contribution is 2.37. The molecule has 4 rings (SSSR count). The average molecular weight is 465 g/mol. The zero-order valence-electron chi connectivity index (χ0n) is 17.0. The fourth-order valence-electron chi connectivity index (χ4n) is 3.68. The minimum Gasteiger partial charge on any atom is -0.482 e. The largest absolute Gasteiger partial charge is 0.482 e. The number of aromatic nitrogens is 3. The van der Waals surface area contributed by atoms with E-state index in [1.165, 1.54) is 12.1 Å². The summed E-state index contributed by atoms with van der Waals surface area (Å²) in [6, 6.07) is 4.45. The minimum absolute atomic E-state index is 0.0722. The van der Waals surface area contributed by atoms with Crippen LogP contribution in [0, 0.1) is 11.7 Å². The first-order valence-corrected chi connectivity index (χ1v) is 10.8. The molecule has 9 heteroatoms. The first-order valence-electron chi connectivity index (χ1n) is 10.1. The molecule has 2 aromatic heterocycles. The normalized spacial score (nSPS) is 15.7. The van der Waals surface area contributed by atoms with Crippen LogP contribution in [-0.2, 0) is 11.3 Å². The molecule has 0 bridgehead atoms. The van der Waals surface area contributed by atoms with Crippen LogP contribution in [0.4, 0.5) is 10.2 Å². The van der Waals surface area contributed by atoms with Gasteiger partial charge in [0.2, 0.25) is 0 Å². The first kappa shape index (κ1) is 21.9. The standard InChI is InChI=1S/C22H23Cl2FN4O2/c1-13(20-17(23)2-3-18(25)21(20)24)31-19-8-15(9-27-22(19)26)16-10-28-29(12-16)11-14-4-6-30-7-5-14/h2-3,8-10,12-14H,4-7,11H2,1H3,(H2,26,27). The summed E-state index contributed by atoms with van der Waals surface area (Å²) in [4.78, 5) is 4.25. The van der Waals surface area contributed by atoms with Crippen LogP contribution in [-0.4, -0.2) is 28.0 Å². The molecule has 1 aliphatic rings. The Labute approximate surface area is 190 Å². The molecule has 3 heterocycles. The highest BCUT2D eigenvalue weighted by molar-refractivity contribution is 6.36. The van der Waals surface area contributed by atoms with Gasteiger partial charge in [0.05, 0.1) is 11.2 Å². The number of ether oxygens (including phenoxy) is 2. The molecule has 0 saturated carbocycles. The number of halogens is 3. The number of nitrogens with zero attached hydrogens (tertiary/aromatic N) is 3. The van der Waals surface area contributed by atoms with Crippen LogP contribution in [0.5, 0.6) is 5.75 Å². The van der Waals surface area contributed by atoms with Crippen molar-refractivity contribution in [2.24, 2.45) is 5.92 Å². The van der Waals surface area contributed by atoms with E-state index in [0.29, 0.717) is 22.3 Å². The minimum atomic E-state index is -0.633. The Kier molecular flexibility index (Phi) is 6.65. The Bertz CT molecular complexity index is 1070. The van der Waals surface area contributed by atoms with Crippen molar-refractivity contribution in [1.29, 1.82) is 0 Å². The lowest BCUT2D eigenvalue weighted by Gasteiger charge is -2.21. The number of pyridine rings is 1. The molecule has 0 aliphatic carbocycles. The second-order valence-corrected chi connectivity index (χ2v) is 8.42. The molecule has 1 atom stereocenters. The molecule has 6 nitrogen and oxygen atoms in total. The van der Waals surface area contributed by atoms with Gasteiger partial charge < -0.3 is 15.2 Å². The summed E-state index contributed by atoms with van der Waals surface area (Å²) in [5.41, 5.74) is 8.09. The second kappa shape index (κ2) is 9.42. The Morgan fingerprint density at radius 1 is 1.26 bits per heavy atom. The summed E-state index contributed by atoms with van der Waals surface area (Å²) in [5, 5.41) is 4.72. The summed E-state index contributed by atoms with van der Waals surface area (Å²) in [7, 11) is 0. The third-order valence-electron chi connectivity index (χ3n) is 5.42. The topological polar surface area (TPSA) is 75.2 Å². The van der Waals surface area contributed by atoms with Crippen LogP contribution < -0.4 is 10.5 Å². The van der Waals surface area contributed by atoms with E-state index < -0.39 is 11.9 Å². The molecule has 1 saturated heterocycles. The van der Waals surface area contributed by atoms with Crippen molar-refractivity contribution in [3.63, 3.8) is 0 Å². The fraction of sp³-hybridized carbons (Fsp3) is 0.364. The number of nitrogen functional groups attached to an aromatic ring is 1. The Hall–Kier alpha value is -2.35. The van der Waals surface area contributed by atoms with Crippen molar-refractivity contribution in [3.8, 4) is 16.9 Å². The quantitative estimate of drug-likeness (QED) is 0.484. The third kappa shape index (κ3) is 4.95. The van der Waals surface area contributed by atoms with Gasteiger partial charge in [-0.15, -0.1) is 0 Å².